The number of nitrogens with one attached hydrogen (secondary N) is 1. The van der Waals surface area contributed by atoms with Crippen molar-refractivity contribution in [1.29, 1.82) is 0 Å². The Hall–Kier alpha value is -1.55. The molecule has 1 aliphatic rings. The van der Waals surface area contributed by atoms with Gasteiger partial charge in [0.2, 0.25) is 5.91 Å². The Morgan fingerprint density at radius 1 is 1.65 bits per heavy atom. The van der Waals surface area contributed by atoms with E-state index in [0.29, 0.717) is 24.6 Å². The average Bonchev–Trinajstić information content (AvgIpc) is 3.04. The lowest BCUT2D eigenvalue weighted by Crippen LogP contribution is -2.26. The highest BCUT2D eigenvalue weighted by Crippen LogP contribution is 2.33. The van der Waals surface area contributed by atoms with Gasteiger partial charge in [-0.2, -0.15) is 0 Å². The second kappa shape index (κ2) is 5.68. The fourth-order valence-corrected chi connectivity index (χ4v) is 1.66. The first-order chi connectivity index (χ1) is 8.25. The molecule has 4 heteroatoms. The number of rotatable bonds is 6. The first-order valence-electron chi connectivity index (χ1n) is 5.93. The molecule has 2 N–H and O–H groups in total. The molecule has 1 heterocycles. The first-order valence-corrected chi connectivity index (χ1v) is 5.93. The van der Waals surface area contributed by atoms with Crippen molar-refractivity contribution in [3.63, 3.8) is 0 Å². The Labute approximate surface area is 100 Å². The molecule has 0 aliphatic heterocycles. The molecule has 0 bridgehead atoms. The molecular formula is C13H17NO3. The van der Waals surface area contributed by atoms with Gasteiger partial charge < -0.3 is 14.8 Å². The van der Waals surface area contributed by atoms with Gasteiger partial charge in [0.25, 0.3) is 0 Å². The molecule has 0 unspecified atom stereocenters. The summed E-state index contributed by atoms with van der Waals surface area (Å²) in [6.07, 6.45) is 7.22. The van der Waals surface area contributed by atoms with Crippen LogP contribution in [0.4, 0.5) is 0 Å². The van der Waals surface area contributed by atoms with Gasteiger partial charge in [-0.15, -0.1) is 0 Å². The molecule has 0 spiro atoms. The predicted octanol–water partition coefficient (Wildman–Crippen LogP) is 1.57. The Morgan fingerprint density at radius 2 is 2.47 bits per heavy atom. The minimum absolute atomic E-state index is 0.163. The number of hydrogen-bond donors (Lipinski definition) is 2. The molecule has 92 valence electrons. The summed E-state index contributed by atoms with van der Waals surface area (Å²) < 4.78 is 5.06. The highest BCUT2D eigenvalue weighted by Gasteiger charge is 2.28. The molecule has 1 aromatic rings. The maximum Gasteiger partial charge on any atom is 0.244 e. The average molecular weight is 235 g/mol. The number of aliphatic hydroxyl groups is 1. The minimum Gasteiger partial charge on any atom is -0.465 e. The molecule has 1 fully saturated rings. The van der Waals surface area contributed by atoms with Crippen molar-refractivity contribution < 1.29 is 14.3 Å². The van der Waals surface area contributed by atoms with Crippen LogP contribution in [0.25, 0.3) is 6.08 Å². The predicted molar refractivity (Wildman–Crippen MR) is 64.1 cm³/mol. The molecule has 0 saturated heterocycles. The number of carbonyl (C=O) groups is 1. The summed E-state index contributed by atoms with van der Waals surface area (Å²) in [4.78, 5) is 11.4. The molecule has 1 aromatic heterocycles. The van der Waals surface area contributed by atoms with Crippen LogP contribution >= 0.6 is 0 Å². The summed E-state index contributed by atoms with van der Waals surface area (Å²) in [6, 6.07) is 3.55. The quantitative estimate of drug-likeness (QED) is 0.736. The van der Waals surface area contributed by atoms with Crippen LogP contribution in [0.5, 0.6) is 0 Å². The summed E-state index contributed by atoms with van der Waals surface area (Å²) in [5, 5.41) is 12.3. The van der Waals surface area contributed by atoms with Crippen LogP contribution in [-0.4, -0.2) is 23.7 Å². The van der Waals surface area contributed by atoms with Crippen LogP contribution < -0.4 is 5.32 Å². The Bertz CT molecular complexity index is 379. The van der Waals surface area contributed by atoms with E-state index >= 15 is 0 Å². The second-order valence-corrected chi connectivity index (χ2v) is 4.33. The van der Waals surface area contributed by atoms with Crippen LogP contribution in [0.15, 0.2) is 28.9 Å². The van der Waals surface area contributed by atoms with Gasteiger partial charge in [-0.05, 0) is 43.4 Å². The lowest BCUT2D eigenvalue weighted by atomic mass is 10.2. The fraction of sp³-hybridized carbons (Fsp3) is 0.462. The van der Waals surface area contributed by atoms with Crippen molar-refractivity contribution in [3.8, 4) is 0 Å². The van der Waals surface area contributed by atoms with Gasteiger partial charge in [0.05, 0.1) is 12.4 Å². The largest absolute Gasteiger partial charge is 0.465 e. The SMILES string of the molecule is O=C(/C=C/c1ccco1)NCC[C@H](O)C1CC1. The maximum atomic E-state index is 11.4. The molecule has 0 aromatic carbocycles. The third-order valence-corrected chi connectivity index (χ3v) is 2.85. The second-order valence-electron chi connectivity index (χ2n) is 4.33. The van der Waals surface area contributed by atoms with Crippen molar-refractivity contribution in [2.75, 3.05) is 6.54 Å². The molecular weight excluding hydrogens is 218 g/mol. The molecule has 1 saturated carbocycles. The summed E-state index contributed by atoms with van der Waals surface area (Å²) in [7, 11) is 0. The molecule has 1 aliphatic carbocycles. The van der Waals surface area contributed by atoms with Crippen LogP contribution in [-0.2, 0) is 4.79 Å². The smallest absolute Gasteiger partial charge is 0.244 e. The van der Waals surface area contributed by atoms with Gasteiger partial charge in [-0.25, -0.2) is 0 Å². The monoisotopic (exact) mass is 235 g/mol. The normalized spacial score (nSPS) is 17.2. The number of hydrogen-bond acceptors (Lipinski definition) is 3. The van der Waals surface area contributed by atoms with Crippen molar-refractivity contribution in [3.05, 3.63) is 30.2 Å². The van der Waals surface area contributed by atoms with Gasteiger partial charge >= 0.3 is 0 Å². The van der Waals surface area contributed by atoms with Crippen molar-refractivity contribution in [2.45, 2.75) is 25.4 Å². The third-order valence-electron chi connectivity index (χ3n) is 2.85. The van der Waals surface area contributed by atoms with E-state index in [4.69, 9.17) is 4.42 Å². The minimum atomic E-state index is -0.260. The number of amides is 1. The van der Waals surface area contributed by atoms with Gasteiger partial charge in [-0.3, -0.25) is 4.79 Å². The van der Waals surface area contributed by atoms with Crippen molar-refractivity contribution in [1.82, 2.24) is 5.32 Å². The van der Waals surface area contributed by atoms with Gasteiger partial charge in [0.15, 0.2) is 0 Å². The summed E-state index contributed by atoms with van der Waals surface area (Å²) >= 11 is 0. The summed E-state index contributed by atoms with van der Waals surface area (Å²) in [5.74, 6) is 0.952. The van der Waals surface area contributed by atoms with Gasteiger partial charge in [-0.1, -0.05) is 0 Å². The first kappa shape index (κ1) is 11.9. The van der Waals surface area contributed by atoms with Gasteiger partial charge in [0, 0.05) is 12.6 Å². The fourth-order valence-electron chi connectivity index (χ4n) is 1.66. The molecule has 0 radical (unpaired) electrons. The van der Waals surface area contributed by atoms with E-state index in [-0.39, 0.29) is 12.0 Å². The number of aliphatic hydroxyl groups excluding tert-OH is 1. The molecule has 17 heavy (non-hydrogen) atoms. The zero-order valence-corrected chi connectivity index (χ0v) is 9.63. The lowest BCUT2D eigenvalue weighted by molar-refractivity contribution is -0.116. The topological polar surface area (TPSA) is 62.5 Å². The van der Waals surface area contributed by atoms with E-state index in [1.165, 1.54) is 6.08 Å². The zero-order valence-electron chi connectivity index (χ0n) is 9.63. The Kier molecular flexibility index (Phi) is 3.98. The standard InChI is InChI=1S/C13H17NO3/c15-12(10-3-4-10)7-8-14-13(16)6-5-11-2-1-9-17-11/h1-2,5-6,9-10,12,15H,3-4,7-8H2,(H,14,16)/b6-5+/t12-/m0/s1. The zero-order chi connectivity index (χ0) is 12.1. The summed E-state index contributed by atoms with van der Waals surface area (Å²) in [5.41, 5.74) is 0. The Morgan fingerprint density at radius 3 is 3.12 bits per heavy atom. The van der Waals surface area contributed by atoms with Crippen LogP contribution in [0, 0.1) is 5.92 Å². The van der Waals surface area contributed by atoms with Gasteiger partial charge in [0.1, 0.15) is 5.76 Å². The highest BCUT2D eigenvalue weighted by molar-refractivity contribution is 5.91. The molecule has 4 nitrogen and oxygen atoms in total. The summed E-state index contributed by atoms with van der Waals surface area (Å²) in [6.45, 7) is 0.513. The third kappa shape index (κ3) is 4.07. The van der Waals surface area contributed by atoms with Crippen LogP contribution in [0.2, 0.25) is 0 Å². The molecule has 1 atom stereocenters. The Balaban J connectivity index is 1.63. The van der Waals surface area contributed by atoms with E-state index < -0.39 is 0 Å². The van der Waals surface area contributed by atoms with Crippen molar-refractivity contribution >= 4 is 12.0 Å². The van der Waals surface area contributed by atoms with Crippen molar-refractivity contribution in [2.24, 2.45) is 5.92 Å². The van der Waals surface area contributed by atoms with E-state index in [2.05, 4.69) is 5.32 Å². The van der Waals surface area contributed by atoms with E-state index in [1.807, 2.05) is 0 Å². The highest BCUT2D eigenvalue weighted by atomic mass is 16.3. The van der Waals surface area contributed by atoms with E-state index in [1.54, 1.807) is 24.5 Å². The number of carbonyl (C=O) groups excluding carboxylic acids is 1. The maximum absolute atomic E-state index is 11.4. The van der Waals surface area contributed by atoms with E-state index in [0.717, 1.165) is 12.8 Å². The lowest BCUT2D eigenvalue weighted by Gasteiger charge is -2.08. The van der Waals surface area contributed by atoms with Crippen LogP contribution in [0.3, 0.4) is 0 Å². The molecule has 2 rings (SSSR count). The van der Waals surface area contributed by atoms with Crippen LogP contribution in [0.1, 0.15) is 25.0 Å². The number of furan rings is 1. The molecule has 1 amide bonds. The van der Waals surface area contributed by atoms with E-state index in [9.17, 15) is 9.90 Å².